The number of benzene rings is 1. The zero-order chi connectivity index (χ0) is 15.1. The van der Waals surface area contributed by atoms with Crippen LogP contribution in [-0.4, -0.2) is 11.6 Å². The summed E-state index contributed by atoms with van der Waals surface area (Å²) in [6.45, 7) is 0. The number of hydrogen-bond donors (Lipinski definition) is 1. The Kier molecular flexibility index (Phi) is 3.21. The summed E-state index contributed by atoms with van der Waals surface area (Å²) < 4.78 is 0. The molecule has 0 bridgehead atoms. The molecule has 1 aromatic rings. The Bertz CT molecular complexity index is 712. The summed E-state index contributed by atoms with van der Waals surface area (Å²) in [5, 5.41) is 3.41. The lowest BCUT2D eigenvalue weighted by molar-refractivity contribution is -0.117. The molecule has 1 unspecified atom stereocenters. The molecule has 3 aliphatic rings. The zero-order valence-corrected chi connectivity index (χ0v) is 12.5. The third-order valence-corrected chi connectivity index (χ3v) is 5.05. The quantitative estimate of drug-likeness (QED) is 0.863. The van der Waals surface area contributed by atoms with Crippen molar-refractivity contribution in [2.75, 3.05) is 0 Å². The molecular formula is C19H19NO2. The summed E-state index contributed by atoms with van der Waals surface area (Å²) in [7, 11) is 0. The van der Waals surface area contributed by atoms with Crippen molar-refractivity contribution in [3.8, 4) is 0 Å². The molecule has 1 aliphatic heterocycles. The molecule has 0 radical (unpaired) electrons. The van der Waals surface area contributed by atoms with E-state index in [1.165, 1.54) is 0 Å². The number of hydrogen-bond acceptors (Lipinski definition) is 3. The van der Waals surface area contributed by atoms with Gasteiger partial charge in [0.1, 0.15) is 0 Å². The van der Waals surface area contributed by atoms with Crippen LogP contribution in [0.15, 0.2) is 52.9 Å². The predicted molar refractivity (Wildman–Crippen MR) is 84.1 cm³/mol. The Morgan fingerprint density at radius 2 is 1.68 bits per heavy atom. The highest BCUT2D eigenvalue weighted by Crippen LogP contribution is 2.40. The SMILES string of the molecule is O=C1CCCC2=C1CC1=C(CCC(c3ccccc3)C1=O)N2. The van der Waals surface area contributed by atoms with Crippen LogP contribution < -0.4 is 5.32 Å². The third-order valence-electron chi connectivity index (χ3n) is 5.05. The summed E-state index contributed by atoms with van der Waals surface area (Å²) in [4.78, 5) is 25.0. The monoisotopic (exact) mass is 293 g/mol. The molecule has 3 nitrogen and oxygen atoms in total. The van der Waals surface area contributed by atoms with Crippen LogP contribution in [0.2, 0.25) is 0 Å². The van der Waals surface area contributed by atoms with Crippen molar-refractivity contribution in [1.82, 2.24) is 5.32 Å². The van der Waals surface area contributed by atoms with E-state index in [-0.39, 0.29) is 17.5 Å². The first kappa shape index (κ1) is 13.5. The van der Waals surface area contributed by atoms with Crippen molar-refractivity contribution >= 4 is 11.6 Å². The van der Waals surface area contributed by atoms with E-state index in [1.807, 2.05) is 30.3 Å². The van der Waals surface area contributed by atoms with E-state index >= 15 is 0 Å². The smallest absolute Gasteiger partial charge is 0.168 e. The molecule has 2 aliphatic carbocycles. The van der Waals surface area contributed by atoms with Gasteiger partial charge in [-0.2, -0.15) is 0 Å². The van der Waals surface area contributed by atoms with Gasteiger partial charge in [0.2, 0.25) is 0 Å². The van der Waals surface area contributed by atoms with Crippen molar-refractivity contribution in [3.63, 3.8) is 0 Å². The minimum Gasteiger partial charge on any atom is -0.362 e. The number of Topliss-reactive ketones (excluding diaryl/α,β-unsaturated/α-hetero) is 2. The second-order valence-corrected chi connectivity index (χ2v) is 6.36. The van der Waals surface area contributed by atoms with Crippen LogP contribution >= 0.6 is 0 Å². The van der Waals surface area contributed by atoms with Gasteiger partial charge in [-0.3, -0.25) is 9.59 Å². The van der Waals surface area contributed by atoms with E-state index in [4.69, 9.17) is 0 Å². The molecule has 0 saturated carbocycles. The highest BCUT2D eigenvalue weighted by Gasteiger charge is 2.36. The van der Waals surface area contributed by atoms with Gasteiger partial charge in [0.05, 0.1) is 0 Å². The molecule has 0 fully saturated rings. The van der Waals surface area contributed by atoms with Crippen LogP contribution in [0.25, 0.3) is 0 Å². The van der Waals surface area contributed by atoms with E-state index < -0.39 is 0 Å². The summed E-state index contributed by atoms with van der Waals surface area (Å²) in [6.07, 6.45) is 4.77. The van der Waals surface area contributed by atoms with Gasteiger partial charge in [-0.1, -0.05) is 30.3 Å². The second kappa shape index (κ2) is 5.24. The van der Waals surface area contributed by atoms with Crippen LogP contribution in [0, 0.1) is 0 Å². The molecule has 4 rings (SSSR count). The lowest BCUT2D eigenvalue weighted by atomic mass is 9.76. The van der Waals surface area contributed by atoms with Gasteiger partial charge in [-0.05, 0) is 31.2 Å². The third kappa shape index (κ3) is 2.12. The number of rotatable bonds is 1. The summed E-state index contributed by atoms with van der Waals surface area (Å²) in [5.74, 6) is 0.363. The second-order valence-electron chi connectivity index (χ2n) is 6.36. The first-order chi connectivity index (χ1) is 10.7. The highest BCUT2D eigenvalue weighted by molar-refractivity contribution is 6.06. The molecular weight excluding hydrogens is 274 g/mol. The molecule has 3 heteroatoms. The molecule has 1 aromatic carbocycles. The van der Waals surface area contributed by atoms with E-state index in [1.54, 1.807) is 0 Å². The molecule has 0 spiro atoms. The molecule has 22 heavy (non-hydrogen) atoms. The van der Waals surface area contributed by atoms with E-state index in [2.05, 4.69) is 5.32 Å². The topological polar surface area (TPSA) is 46.2 Å². The van der Waals surface area contributed by atoms with Gasteiger partial charge in [-0.25, -0.2) is 0 Å². The van der Waals surface area contributed by atoms with Crippen LogP contribution in [0.4, 0.5) is 0 Å². The number of allylic oxidation sites excluding steroid dienone is 4. The minimum atomic E-state index is -0.0532. The fourth-order valence-corrected chi connectivity index (χ4v) is 3.86. The Hall–Kier alpha value is -2.16. The number of ketones is 2. The Morgan fingerprint density at radius 3 is 2.50 bits per heavy atom. The van der Waals surface area contributed by atoms with Gasteiger partial charge in [-0.15, -0.1) is 0 Å². The van der Waals surface area contributed by atoms with E-state index in [0.717, 1.165) is 53.8 Å². The Labute approximate surface area is 130 Å². The summed E-state index contributed by atoms with van der Waals surface area (Å²) in [6, 6.07) is 10.00. The van der Waals surface area contributed by atoms with Crippen LogP contribution in [0.5, 0.6) is 0 Å². The maximum atomic E-state index is 12.9. The molecule has 0 aromatic heterocycles. The lowest BCUT2D eigenvalue weighted by Crippen LogP contribution is -2.34. The van der Waals surface area contributed by atoms with Crippen molar-refractivity contribution < 1.29 is 9.59 Å². The Morgan fingerprint density at radius 1 is 0.909 bits per heavy atom. The average molecular weight is 293 g/mol. The van der Waals surface area contributed by atoms with Crippen molar-refractivity contribution in [1.29, 1.82) is 0 Å². The summed E-state index contributed by atoms with van der Waals surface area (Å²) >= 11 is 0. The summed E-state index contributed by atoms with van der Waals surface area (Å²) in [5.41, 5.74) is 4.92. The fraction of sp³-hybridized carbons (Fsp3) is 0.368. The predicted octanol–water partition coefficient (Wildman–Crippen LogP) is 3.39. The first-order valence-electron chi connectivity index (χ1n) is 8.07. The minimum absolute atomic E-state index is 0.0532. The first-order valence-corrected chi connectivity index (χ1v) is 8.07. The lowest BCUT2D eigenvalue weighted by Gasteiger charge is -2.34. The Balaban J connectivity index is 1.65. The van der Waals surface area contributed by atoms with Crippen LogP contribution in [0.3, 0.4) is 0 Å². The average Bonchev–Trinajstić information content (AvgIpc) is 2.55. The molecule has 1 heterocycles. The van der Waals surface area contributed by atoms with Crippen molar-refractivity contribution in [2.45, 2.75) is 44.4 Å². The van der Waals surface area contributed by atoms with Crippen molar-refractivity contribution in [2.24, 2.45) is 0 Å². The van der Waals surface area contributed by atoms with E-state index in [0.29, 0.717) is 12.8 Å². The normalized spacial score (nSPS) is 24.8. The number of nitrogens with one attached hydrogen (secondary N) is 1. The van der Waals surface area contributed by atoms with Gasteiger partial charge in [0, 0.05) is 41.3 Å². The zero-order valence-electron chi connectivity index (χ0n) is 12.5. The van der Waals surface area contributed by atoms with Crippen molar-refractivity contribution in [3.05, 3.63) is 58.4 Å². The van der Waals surface area contributed by atoms with Gasteiger partial charge in [0.25, 0.3) is 0 Å². The highest BCUT2D eigenvalue weighted by atomic mass is 16.1. The molecule has 0 saturated heterocycles. The molecule has 1 atom stereocenters. The number of dihydropyridines is 1. The number of carbonyl (C=O) groups is 2. The van der Waals surface area contributed by atoms with Gasteiger partial charge in [0.15, 0.2) is 11.6 Å². The fourth-order valence-electron chi connectivity index (χ4n) is 3.86. The maximum Gasteiger partial charge on any atom is 0.168 e. The maximum absolute atomic E-state index is 12.9. The number of carbonyl (C=O) groups excluding carboxylic acids is 2. The standard InChI is InChI=1S/C19H19NO2/c21-18-8-4-7-16-14(18)11-15-17(20-16)10-9-13(19(15)22)12-5-2-1-3-6-12/h1-3,5-6,13,20H,4,7-11H2. The molecule has 1 N–H and O–H groups in total. The van der Waals surface area contributed by atoms with Gasteiger partial charge >= 0.3 is 0 Å². The van der Waals surface area contributed by atoms with Crippen LogP contribution in [0.1, 0.15) is 50.0 Å². The van der Waals surface area contributed by atoms with E-state index in [9.17, 15) is 9.59 Å². The van der Waals surface area contributed by atoms with Crippen LogP contribution in [-0.2, 0) is 9.59 Å². The molecule has 112 valence electrons. The molecule has 0 amide bonds. The largest absolute Gasteiger partial charge is 0.362 e. The van der Waals surface area contributed by atoms with Gasteiger partial charge < -0.3 is 5.32 Å².